The largest absolute Gasteiger partial charge is 0.508 e. The highest BCUT2D eigenvalue weighted by Gasteiger charge is 2.69. The maximum atomic E-state index is 15.3. The van der Waals surface area contributed by atoms with Crippen LogP contribution in [0.15, 0.2) is 18.2 Å². The normalized spacial score (nSPS) is 40.6. The predicted octanol–water partition coefficient (Wildman–Crippen LogP) is 4.98. The Morgan fingerprint density at radius 3 is 2.43 bits per heavy atom. The lowest BCUT2D eigenvalue weighted by atomic mass is 9.51. The Balaban J connectivity index is 1.89. The number of phenolic OH excluding ortho intramolecular Hbond substituents is 1. The van der Waals surface area contributed by atoms with Gasteiger partial charge >= 0.3 is 12.1 Å². The van der Waals surface area contributed by atoms with E-state index in [0.29, 0.717) is 5.56 Å². The lowest BCUT2D eigenvalue weighted by Gasteiger charge is -2.54. The number of aliphatic hydroxyl groups excluding tert-OH is 1. The molecule has 0 bridgehead atoms. The van der Waals surface area contributed by atoms with E-state index in [1.165, 1.54) is 12.1 Å². The third-order valence-corrected chi connectivity index (χ3v) is 7.29. The summed E-state index contributed by atoms with van der Waals surface area (Å²) in [5.74, 6) is -10.4. The molecule has 2 saturated carbocycles. The second-order valence-corrected chi connectivity index (χ2v) is 8.99. The van der Waals surface area contributed by atoms with Crippen LogP contribution in [0.1, 0.15) is 43.2 Å². The Hall–Kier alpha value is -1.44. The first kappa shape index (κ1) is 19.9. The van der Waals surface area contributed by atoms with Crippen molar-refractivity contribution in [1.82, 2.24) is 0 Å². The number of aliphatic hydroxyl groups is 1. The molecule has 2 nitrogen and oxygen atoms in total. The first-order chi connectivity index (χ1) is 12.8. The summed E-state index contributed by atoms with van der Waals surface area (Å²) >= 11 is 0. The second-order valence-electron chi connectivity index (χ2n) is 8.99. The number of rotatable bonds is 1. The van der Waals surface area contributed by atoms with E-state index >= 15 is 4.39 Å². The first-order valence-electron chi connectivity index (χ1n) is 9.43. The van der Waals surface area contributed by atoms with Gasteiger partial charge in [0.1, 0.15) is 11.9 Å². The predicted molar refractivity (Wildman–Crippen MR) is 88.9 cm³/mol. The fourth-order valence-corrected chi connectivity index (χ4v) is 6.25. The van der Waals surface area contributed by atoms with Crippen LogP contribution < -0.4 is 0 Å². The molecule has 1 aromatic rings. The highest BCUT2D eigenvalue weighted by molar-refractivity contribution is 5.42. The third kappa shape index (κ3) is 2.74. The van der Waals surface area contributed by atoms with E-state index in [1.807, 2.05) is 0 Å². The molecule has 28 heavy (non-hydrogen) atoms. The Bertz CT molecular complexity index is 778. The zero-order valence-corrected chi connectivity index (χ0v) is 15.2. The van der Waals surface area contributed by atoms with E-state index in [2.05, 4.69) is 0 Å². The molecule has 0 amide bonds. The molecule has 0 saturated heterocycles. The number of phenols is 1. The van der Waals surface area contributed by atoms with Crippen LogP contribution in [0.25, 0.3) is 0 Å². The molecule has 2 N–H and O–H groups in total. The number of alkyl halides is 6. The van der Waals surface area contributed by atoms with Crippen molar-refractivity contribution in [2.75, 3.05) is 0 Å². The summed E-state index contributed by atoms with van der Waals surface area (Å²) in [6.45, 7) is 1.69. The van der Waals surface area contributed by atoms with Crippen molar-refractivity contribution in [3.05, 3.63) is 29.3 Å². The average molecular weight is 408 g/mol. The molecular formula is C20H22F6O2. The van der Waals surface area contributed by atoms with Crippen LogP contribution in [0.3, 0.4) is 0 Å². The van der Waals surface area contributed by atoms with Crippen molar-refractivity contribution in [3.63, 3.8) is 0 Å². The molecule has 0 spiro atoms. The van der Waals surface area contributed by atoms with Gasteiger partial charge in [-0.3, -0.25) is 0 Å². The summed E-state index contributed by atoms with van der Waals surface area (Å²) in [5, 5.41) is 19.8. The van der Waals surface area contributed by atoms with Crippen LogP contribution in [-0.2, 0) is 6.42 Å². The van der Waals surface area contributed by atoms with Crippen LogP contribution in [0.5, 0.6) is 5.75 Å². The highest BCUT2D eigenvalue weighted by Crippen LogP contribution is 2.65. The zero-order chi connectivity index (χ0) is 20.6. The molecule has 0 unspecified atom stereocenters. The van der Waals surface area contributed by atoms with Crippen LogP contribution in [0, 0.1) is 23.2 Å². The number of hydrogen-bond donors (Lipinski definition) is 2. The average Bonchev–Trinajstić information content (AvgIpc) is 2.86. The summed E-state index contributed by atoms with van der Waals surface area (Å²) in [7, 11) is 0. The number of aromatic hydroxyl groups is 1. The molecule has 1 aromatic carbocycles. The molecule has 0 aliphatic heterocycles. The van der Waals surface area contributed by atoms with E-state index in [1.54, 1.807) is 6.92 Å². The lowest BCUT2D eigenvalue weighted by Crippen LogP contribution is -2.56. The summed E-state index contributed by atoms with van der Waals surface area (Å²) < 4.78 is 84.4. The first-order valence-corrected chi connectivity index (χ1v) is 9.43. The van der Waals surface area contributed by atoms with Gasteiger partial charge in [-0.25, -0.2) is 4.39 Å². The minimum atomic E-state index is -5.76. The molecule has 8 heteroatoms. The Labute approximate surface area is 158 Å². The van der Waals surface area contributed by atoms with Crippen LogP contribution in [0.2, 0.25) is 0 Å². The second kappa shape index (κ2) is 6.03. The van der Waals surface area contributed by atoms with Gasteiger partial charge in [0.15, 0.2) is 0 Å². The Morgan fingerprint density at radius 1 is 1.11 bits per heavy atom. The van der Waals surface area contributed by atoms with Gasteiger partial charge in [-0.2, -0.15) is 22.0 Å². The van der Waals surface area contributed by atoms with Gasteiger partial charge in [-0.1, -0.05) is 13.0 Å². The monoisotopic (exact) mass is 408 g/mol. The van der Waals surface area contributed by atoms with Crippen LogP contribution in [-0.4, -0.2) is 34.6 Å². The van der Waals surface area contributed by atoms with Crippen molar-refractivity contribution >= 4 is 0 Å². The van der Waals surface area contributed by atoms with Crippen molar-refractivity contribution in [3.8, 4) is 5.75 Å². The molecule has 156 valence electrons. The standard InChI is InChI=1S/C20H22F6O2/c1-18-7-11(28)6-13(18)17-14(19(22,23)20(24,25)26)5-9-4-10(27)2-3-12(9)16(17)15(21)8-18/h2-4,11,13-17,27-28H,5-8H2,1H3/t11-,13+,14-,15+,16+,17-,18+/m1/s1. The van der Waals surface area contributed by atoms with Gasteiger partial charge in [-0.05, 0) is 66.2 Å². The van der Waals surface area contributed by atoms with Crippen molar-refractivity contribution < 1.29 is 36.6 Å². The lowest BCUT2D eigenvalue weighted by molar-refractivity contribution is -0.315. The maximum absolute atomic E-state index is 15.3. The fraction of sp³-hybridized carbons (Fsp3) is 0.700. The molecule has 3 aliphatic rings. The van der Waals surface area contributed by atoms with Crippen molar-refractivity contribution in [2.24, 2.45) is 23.2 Å². The van der Waals surface area contributed by atoms with Gasteiger partial charge in [0, 0.05) is 11.8 Å². The Kier molecular flexibility index (Phi) is 4.28. The van der Waals surface area contributed by atoms with E-state index < -0.39 is 59.9 Å². The SMILES string of the molecule is C[C@@]12C[C@H](O)C[C@H]1[C@H]1[C@@H](c3ccc(O)cc3C[C@H]1C(F)(F)C(F)(F)F)[C@@H](F)C2. The van der Waals surface area contributed by atoms with Gasteiger partial charge in [0.2, 0.25) is 0 Å². The van der Waals surface area contributed by atoms with Crippen LogP contribution >= 0.6 is 0 Å². The summed E-state index contributed by atoms with van der Waals surface area (Å²) in [6, 6.07) is 3.90. The van der Waals surface area contributed by atoms with Crippen molar-refractivity contribution in [1.29, 1.82) is 0 Å². The fourth-order valence-electron chi connectivity index (χ4n) is 6.25. The topological polar surface area (TPSA) is 40.5 Å². The molecule has 3 aliphatic carbocycles. The zero-order valence-electron chi connectivity index (χ0n) is 15.2. The minimum Gasteiger partial charge on any atom is -0.508 e. The van der Waals surface area contributed by atoms with E-state index in [9.17, 15) is 32.2 Å². The molecule has 0 aromatic heterocycles. The smallest absolute Gasteiger partial charge is 0.453 e. The molecule has 4 rings (SSSR count). The minimum absolute atomic E-state index is 0.0144. The van der Waals surface area contributed by atoms with Gasteiger partial charge in [-0.15, -0.1) is 0 Å². The molecule has 0 radical (unpaired) electrons. The Morgan fingerprint density at radius 2 is 1.79 bits per heavy atom. The number of fused-ring (bicyclic) bond motifs is 5. The number of benzene rings is 1. The molecule has 0 heterocycles. The quantitative estimate of drug-likeness (QED) is 0.644. The maximum Gasteiger partial charge on any atom is 0.453 e. The van der Waals surface area contributed by atoms with Gasteiger partial charge < -0.3 is 10.2 Å². The number of halogens is 6. The summed E-state index contributed by atoms with van der Waals surface area (Å²) in [5.41, 5.74) is -0.276. The van der Waals surface area contributed by atoms with Gasteiger partial charge in [0.25, 0.3) is 0 Å². The number of hydrogen-bond acceptors (Lipinski definition) is 2. The summed E-state index contributed by atoms with van der Waals surface area (Å²) in [6.07, 6.45) is -8.45. The van der Waals surface area contributed by atoms with E-state index in [0.717, 1.165) is 6.07 Å². The van der Waals surface area contributed by atoms with E-state index in [-0.39, 0.29) is 30.6 Å². The summed E-state index contributed by atoms with van der Waals surface area (Å²) in [4.78, 5) is 0. The van der Waals surface area contributed by atoms with Crippen molar-refractivity contribution in [2.45, 2.75) is 62.9 Å². The molecule has 2 fully saturated rings. The highest BCUT2D eigenvalue weighted by atomic mass is 19.4. The molecule has 7 atom stereocenters. The molecular weight excluding hydrogens is 386 g/mol. The van der Waals surface area contributed by atoms with E-state index in [4.69, 9.17) is 0 Å². The van der Waals surface area contributed by atoms with Gasteiger partial charge in [0.05, 0.1) is 6.10 Å². The van der Waals surface area contributed by atoms with Crippen LogP contribution in [0.4, 0.5) is 26.3 Å². The third-order valence-electron chi connectivity index (χ3n) is 7.29.